The van der Waals surface area contributed by atoms with Crippen molar-refractivity contribution in [3.8, 4) is 0 Å². The molecule has 6 nitrogen and oxygen atoms in total. The van der Waals surface area contributed by atoms with Gasteiger partial charge in [-0.3, -0.25) is 4.79 Å². The summed E-state index contributed by atoms with van der Waals surface area (Å²) >= 11 is 5.99. The van der Waals surface area contributed by atoms with Crippen LogP contribution in [0.15, 0.2) is 24.3 Å². The largest absolute Gasteiger partial charge is 0.338 e. The van der Waals surface area contributed by atoms with Gasteiger partial charge < -0.3 is 15.1 Å². The molecule has 0 radical (unpaired) electrons. The molecule has 1 aliphatic heterocycles. The summed E-state index contributed by atoms with van der Waals surface area (Å²) in [6, 6.07) is 7.59. The zero-order valence-corrected chi connectivity index (χ0v) is 16.9. The zero-order chi connectivity index (χ0) is 19.4. The fraction of sp³-hybridized carbons (Fsp3) is 0.450. The number of benzene rings is 1. The lowest BCUT2D eigenvalue weighted by atomic mass is 10.1. The number of amides is 1. The van der Waals surface area contributed by atoms with Crippen LogP contribution in [0.4, 0.5) is 11.6 Å². The number of carbonyl (C=O) groups excluding carboxylic acids is 1. The Labute approximate surface area is 165 Å². The molecule has 2 aromatic rings. The SMILES string of the molecule is Cc1nc(N2CCN(C)CC2)nc(C)c1NC(=O)CCc1cccc(Cl)c1. The number of piperazine rings is 1. The molecule has 0 atom stereocenters. The third kappa shape index (κ3) is 5.17. The Bertz CT molecular complexity index is 795. The van der Waals surface area contributed by atoms with E-state index in [0.717, 1.165) is 49.1 Å². The lowest BCUT2D eigenvalue weighted by molar-refractivity contribution is -0.116. The van der Waals surface area contributed by atoms with Crippen LogP contribution in [-0.2, 0) is 11.2 Å². The van der Waals surface area contributed by atoms with Crippen molar-refractivity contribution in [3.05, 3.63) is 46.2 Å². The van der Waals surface area contributed by atoms with Crippen LogP contribution in [0.25, 0.3) is 0 Å². The second-order valence-electron chi connectivity index (χ2n) is 7.04. The summed E-state index contributed by atoms with van der Waals surface area (Å²) in [5, 5.41) is 3.66. The minimum atomic E-state index is -0.0443. The summed E-state index contributed by atoms with van der Waals surface area (Å²) in [6.07, 6.45) is 1.03. The lowest BCUT2D eigenvalue weighted by Gasteiger charge is -2.32. The highest BCUT2D eigenvalue weighted by molar-refractivity contribution is 6.30. The quantitative estimate of drug-likeness (QED) is 0.854. The summed E-state index contributed by atoms with van der Waals surface area (Å²) in [4.78, 5) is 26.1. The number of nitrogens with one attached hydrogen (secondary N) is 1. The van der Waals surface area contributed by atoms with E-state index in [1.54, 1.807) is 0 Å². The molecule has 1 aromatic heterocycles. The van der Waals surface area contributed by atoms with Gasteiger partial charge in [0.05, 0.1) is 17.1 Å². The monoisotopic (exact) mass is 387 g/mol. The van der Waals surface area contributed by atoms with Crippen molar-refractivity contribution in [2.45, 2.75) is 26.7 Å². The number of rotatable bonds is 5. The van der Waals surface area contributed by atoms with Gasteiger partial charge in [-0.2, -0.15) is 0 Å². The minimum Gasteiger partial charge on any atom is -0.338 e. The number of aryl methyl sites for hydroxylation is 3. The Hall–Kier alpha value is -2.18. The van der Waals surface area contributed by atoms with E-state index in [-0.39, 0.29) is 5.91 Å². The van der Waals surface area contributed by atoms with Crippen LogP contribution in [0, 0.1) is 13.8 Å². The van der Waals surface area contributed by atoms with E-state index in [1.165, 1.54) is 0 Å². The molecule has 1 fully saturated rings. The molecule has 1 N–H and O–H groups in total. The molecule has 0 bridgehead atoms. The van der Waals surface area contributed by atoms with Crippen LogP contribution >= 0.6 is 11.6 Å². The van der Waals surface area contributed by atoms with Gasteiger partial charge in [-0.05, 0) is 45.0 Å². The molecule has 1 amide bonds. The Morgan fingerprint density at radius 1 is 1.15 bits per heavy atom. The van der Waals surface area contributed by atoms with Crippen LogP contribution in [0.2, 0.25) is 5.02 Å². The maximum absolute atomic E-state index is 12.4. The van der Waals surface area contributed by atoms with E-state index in [4.69, 9.17) is 11.6 Å². The number of halogens is 1. The molecular weight excluding hydrogens is 362 g/mol. The number of hydrogen-bond acceptors (Lipinski definition) is 5. The summed E-state index contributed by atoms with van der Waals surface area (Å²) in [7, 11) is 2.12. The average Bonchev–Trinajstić information content (AvgIpc) is 2.63. The number of anilines is 2. The van der Waals surface area contributed by atoms with E-state index in [0.29, 0.717) is 23.6 Å². The summed E-state index contributed by atoms with van der Waals surface area (Å²) in [5.74, 6) is 0.701. The molecule has 0 saturated carbocycles. The molecule has 1 saturated heterocycles. The van der Waals surface area contributed by atoms with Crippen molar-refractivity contribution in [1.29, 1.82) is 0 Å². The first-order valence-corrected chi connectivity index (χ1v) is 9.63. The highest BCUT2D eigenvalue weighted by Gasteiger charge is 2.19. The predicted octanol–water partition coefficient (Wildman–Crippen LogP) is 3.07. The third-order valence-electron chi connectivity index (χ3n) is 4.84. The predicted molar refractivity (Wildman–Crippen MR) is 110 cm³/mol. The summed E-state index contributed by atoms with van der Waals surface area (Å²) in [5.41, 5.74) is 3.36. The van der Waals surface area contributed by atoms with Crippen LogP contribution in [0.3, 0.4) is 0 Å². The zero-order valence-electron chi connectivity index (χ0n) is 16.1. The van der Waals surface area contributed by atoms with Gasteiger partial charge in [0.2, 0.25) is 11.9 Å². The molecule has 1 aliphatic rings. The van der Waals surface area contributed by atoms with E-state index < -0.39 is 0 Å². The number of likely N-dealkylation sites (N-methyl/N-ethyl adjacent to an activating group) is 1. The standard InChI is InChI=1S/C20H26ClN5O/c1-14-19(24-18(27)8-7-16-5-4-6-17(21)13-16)15(2)23-20(22-14)26-11-9-25(3)10-12-26/h4-6,13H,7-12H2,1-3H3,(H,24,27). The molecule has 144 valence electrons. The topological polar surface area (TPSA) is 61.4 Å². The summed E-state index contributed by atoms with van der Waals surface area (Å²) in [6.45, 7) is 7.68. The first-order valence-electron chi connectivity index (χ1n) is 9.25. The van der Waals surface area contributed by atoms with Crippen molar-refractivity contribution < 1.29 is 4.79 Å². The van der Waals surface area contributed by atoms with E-state index in [9.17, 15) is 4.79 Å². The third-order valence-corrected chi connectivity index (χ3v) is 5.07. The van der Waals surface area contributed by atoms with E-state index >= 15 is 0 Å². The number of aromatic nitrogens is 2. The highest BCUT2D eigenvalue weighted by atomic mass is 35.5. The van der Waals surface area contributed by atoms with Crippen LogP contribution < -0.4 is 10.2 Å². The molecular formula is C20H26ClN5O. The van der Waals surface area contributed by atoms with Gasteiger partial charge >= 0.3 is 0 Å². The number of hydrogen-bond donors (Lipinski definition) is 1. The molecule has 0 aliphatic carbocycles. The Kier molecular flexibility index (Phi) is 6.29. The number of nitrogens with zero attached hydrogens (tertiary/aromatic N) is 4. The first kappa shape index (κ1) is 19.6. The molecule has 3 rings (SSSR count). The normalized spacial score (nSPS) is 15.0. The van der Waals surface area contributed by atoms with E-state index in [2.05, 4.69) is 32.1 Å². The first-order chi connectivity index (χ1) is 12.9. The van der Waals surface area contributed by atoms with Crippen molar-refractivity contribution in [2.75, 3.05) is 43.4 Å². The Morgan fingerprint density at radius 2 is 1.81 bits per heavy atom. The lowest BCUT2D eigenvalue weighted by Crippen LogP contribution is -2.45. The van der Waals surface area contributed by atoms with Gasteiger partial charge in [-0.15, -0.1) is 0 Å². The fourth-order valence-corrected chi connectivity index (χ4v) is 3.39. The second kappa shape index (κ2) is 8.67. The average molecular weight is 388 g/mol. The van der Waals surface area contributed by atoms with Gasteiger partial charge in [0.1, 0.15) is 0 Å². The van der Waals surface area contributed by atoms with Gasteiger partial charge in [0.15, 0.2) is 0 Å². The molecule has 0 spiro atoms. The Morgan fingerprint density at radius 3 is 2.44 bits per heavy atom. The van der Waals surface area contributed by atoms with Crippen molar-refractivity contribution in [2.24, 2.45) is 0 Å². The molecule has 0 unspecified atom stereocenters. The highest BCUT2D eigenvalue weighted by Crippen LogP contribution is 2.22. The van der Waals surface area contributed by atoms with Crippen LogP contribution in [0.1, 0.15) is 23.4 Å². The fourth-order valence-electron chi connectivity index (χ4n) is 3.18. The maximum atomic E-state index is 12.4. The smallest absolute Gasteiger partial charge is 0.225 e. The van der Waals surface area contributed by atoms with E-state index in [1.807, 2.05) is 38.1 Å². The Balaban J connectivity index is 1.63. The van der Waals surface area contributed by atoms with Gasteiger partial charge in [0, 0.05) is 37.6 Å². The van der Waals surface area contributed by atoms with Crippen molar-refractivity contribution in [3.63, 3.8) is 0 Å². The second-order valence-corrected chi connectivity index (χ2v) is 7.47. The molecule has 27 heavy (non-hydrogen) atoms. The van der Waals surface area contributed by atoms with Gasteiger partial charge in [0.25, 0.3) is 0 Å². The minimum absolute atomic E-state index is 0.0443. The maximum Gasteiger partial charge on any atom is 0.225 e. The summed E-state index contributed by atoms with van der Waals surface area (Å²) < 4.78 is 0. The molecule has 1 aromatic carbocycles. The molecule has 2 heterocycles. The van der Waals surface area contributed by atoms with Crippen molar-refractivity contribution >= 4 is 29.1 Å². The van der Waals surface area contributed by atoms with Crippen LogP contribution in [-0.4, -0.2) is 54.0 Å². The van der Waals surface area contributed by atoms with Crippen LogP contribution in [0.5, 0.6) is 0 Å². The number of carbonyl (C=O) groups is 1. The van der Waals surface area contributed by atoms with Gasteiger partial charge in [-0.25, -0.2) is 9.97 Å². The molecule has 7 heteroatoms. The van der Waals surface area contributed by atoms with Crippen molar-refractivity contribution in [1.82, 2.24) is 14.9 Å². The van der Waals surface area contributed by atoms with Gasteiger partial charge in [-0.1, -0.05) is 23.7 Å².